The van der Waals surface area contributed by atoms with E-state index in [0.717, 1.165) is 19.7 Å². The van der Waals surface area contributed by atoms with Crippen molar-refractivity contribution in [3.63, 3.8) is 0 Å². The molecule has 0 N–H and O–H groups in total. The van der Waals surface area contributed by atoms with Gasteiger partial charge in [0.15, 0.2) is 0 Å². The van der Waals surface area contributed by atoms with Gasteiger partial charge in [-0.2, -0.15) is 0 Å². The van der Waals surface area contributed by atoms with Crippen LogP contribution >= 0.6 is 38.9 Å². The van der Waals surface area contributed by atoms with Gasteiger partial charge in [0.05, 0.1) is 20.6 Å². The number of thiazole rings is 1. The summed E-state index contributed by atoms with van der Waals surface area (Å²) in [5.74, 6) is -0.283. The third-order valence-corrected chi connectivity index (χ3v) is 4.93. The zero-order chi connectivity index (χ0) is 14.1. The monoisotopic (exact) mass is 369 g/mol. The zero-order valence-corrected chi connectivity index (χ0v) is 13.5. The van der Waals surface area contributed by atoms with E-state index in [9.17, 15) is 4.39 Å². The molecule has 20 heavy (non-hydrogen) atoms. The Morgan fingerprint density at radius 3 is 2.85 bits per heavy atom. The number of fused-ring (bicyclic) bond motifs is 1. The van der Waals surface area contributed by atoms with Crippen molar-refractivity contribution >= 4 is 49.1 Å². The second kappa shape index (κ2) is 5.80. The van der Waals surface area contributed by atoms with Crippen LogP contribution in [0.2, 0.25) is 0 Å². The molecule has 0 saturated carbocycles. The number of benzene rings is 2. The molecule has 0 amide bonds. The first-order valence-corrected chi connectivity index (χ1v) is 8.11. The first kappa shape index (κ1) is 14.0. The number of nitrogens with zero attached hydrogens (tertiary/aromatic N) is 1. The minimum atomic E-state index is -0.423. The molecule has 5 heteroatoms. The Balaban J connectivity index is 1.88. The highest BCUT2D eigenvalue weighted by atomic mass is 79.9. The number of hydrogen-bond acceptors (Lipinski definition) is 2. The molecule has 1 heterocycles. The molecule has 0 saturated heterocycles. The molecule has 1 atom stereocenters. The van der Waals surface area contributed by atoms with Crippen LogP contribution in [0.1, 0.15) is 15.9 Å². The van der Waals surface area contributed by atoms with Gasteiger partial charge in [0, 0.05) is 16.5 Å². The van der Waals surface area contributed by atoms with Crippen LogP contribution in [0.3, 0.4) is 0 Å². The third-order valence-electron chi connectivity index (χ3n) is 2.99. The highest BCUT2D eigenvalue weighted by Crippen LogP contribution is 2.32. The van der Waals surface area contributed by atoms with Crippen molar-refractivity contribution in [2.45, 2.75) is 11.8 Å². The van der Waals surface area contributed by atoms with Crippen molar-refractivity contribution in [3.05, 3.63) is 63.3 Å². The van der Waals surface area contributed by atoms with Gasteiger partial charge in [-0.25, -0.2) is 9.37 Å². The molecule has 3 rings (SSSR count). The number of rotatable bonds is 3. The van der Waals surface area contributed by atoms with Crippen LogP contribution in [-0.2, 0) is 6.42 Å². The summed E-state index contributed by atoms with van der Waals surface area (Å²) in [4.78, 5) is 4.53. The fourth-order valence-electron chi connectivity index (χ4n) is 2.03. The van der Waals surface area contributed by atoms with E-state index in [0.29, 0.717) is 12.0 Å². The Kier molecular flexibility index (Phi) is 4.06. The van der Waals surface area contributed by atoms with Crippen LogP contribution in [0.15, 0.2) is 46.9 Å². The molecule has 1 aromatic heterocycles. The molecule has 102 valence electrons. The van der Waals surface area contributed by atoms with E-state index in [1.807, 2.05) is 24.3 Å². The number of alkyl halides is 1. The van der Waals surface area contributed by atoms with E-state index in [2.05, 4.69) is 20.9 Å². The number of hydrogen-bond donors (Lipinski definition) is 0. The van der Waals surface area contributed by atoms with Crippen molar-refractivity contribution in [2.24, 2.45) is 0 Å². The Morgan fingerprint density at radius 1 is 1.25 bits per heavy atom. The van der Waals surface area contributed by atoms with Gasteiger partial charge in [-0.15, -0.1) is 22.9 Å². The highest BCUT2D eigenvalue weighted by Gasteiger charge is 2.16. The summed E-state index contributed by atoms with van der Waals surface area (Å²) >= 11 is 11.3. The molecule has 2 aromatic carbocycles. The maximum absolute atomic E-state index is 13.8. The smallest absolute Gasteiger partial charge is 0.127 e. The lowest BCUT2D eigenvalue weighted by atomic mass is 10.1. The molecule has 1 nitrogen and oxygen atoms in total. The first-order valence-electron chi connectivity index (χ1n) is 6.07. The molecule has 0 bridgehead atoms. The van der Waals surface area contributed by atoms with Gasteiger partial charge < -0.3 is 0 Å². The summed E-state index contributed by atoms with van der Waals surface area (Å²) < 4.78 is 15.8. The predicted octanol–water partition coefficient (Wildman–Crippen LogP) is 5.72. The standard InChI is InChI=1S/C15H10BrClFNS/c16-9-5-6-12(18)10(7-9)11(17)8-15-19-13-3-1-2-4-14(13)20-15/h1-7,11H,8H2. The number of aromatic nitrogens is 1. The maximum atomic E-state index is 13.8. The SMILES string of the molecule is Fc1ccc(Br)cc1C(Cl)Cc1nc2ccccc2s1. The summed E-state index contributed by atoms with van der Waals surface area (Å²) in [6.45, 7) is 0. The van der Waals surface area contributed by atoms with Gasteiger partial charge in [-0.3, -0.25) is 0 Å². The largest absolute Gasteiger partial charge is 0.241 e. The van der Waals surface area contributed by atoms with Crippen molar-refractivity contribution < 1.29 is 4.39 Å². The van der Waals surface area contributed by atoms with Gasteiger partial charge in [0.2, 0.25) is 0 Å². The van der Waals surface area contributed by atoms with Gasteiger partial charge in [-0.1, -0.05) is 28.1 Å². The number of para-hydroxylation sites is 1. The van der Waals surface area contributed by atoms with Gasteiger partial charge in [0.1, 0.15) is 5.82 Å². The first-order chi connectivity index (χ1) is 9.63. The summed E-state index contributed by atoms with van der Waals surface area (Å²) in [7, 11) is 0. The van der Waals surface area contributed by atoms with Crippen LogP contribution in [0.25, 0.3) is 10.2 Å². The lowest BCUT2D eigenvalue weighted by molar-refractivity contribution is 0.605. The van der Waals surface area contributed by atoms with E-state index in [1.165, 1.54) is 6.07 Å². The normalized spacial score (nSPS) is 12.8. The van der Waals surface area contributed by atoms with E-state index < -0.39 is 5.38 Å². The predicted molar refractivity (Wildman–Crippen MR) is 86.0 cm³/mol. The van der Waals surface area contributed by atoms with E-state index >= 15 is 0 Å². The third kappa shape index (κ3) is 2.87. The Morgan fingerprint density at radius 2 is 2.05 bits per heavy atom. The molecule has 1 unspecified atom stereocenters. The summed E-state index contributed by atoms with van der Waals surface area (Å²) in [5.41, 5.74) is 1.46. The molecule has 0 aliphatic heterocycles. The van der Waals surface area contributed by atoms with Crippen molar-refractivity contribution in [3.8, 4) is 0 Å². The summed E-state index contributed by atoms with van der Waals surface area (Å²) in [6, 6.07) is 12.7. The molecule has 3 aromatic rings. The zero-order valence-electron chi connectivity index (χ0n) is 10.3. The quantitative estimate of drug-likeness (QED) is 0.537. The lowest BCUT2D eigenvalue weighted by Gasteiger charge is -2.09. The van der Waals surface area contributed by atoms with Gasteiger partial charge in [-0.05, 0) is 30.3 Å². The fraction of sp³-hybridized carbons (Fsp3) is 0.133. The Bertz CT molecular complexity index is 725. The second-order valence-electron chi connectivity index (χ2n) is 4.41. The van der Waals surface area contributed by atoms with Gasteiger partial charge >= 0.3 is 0 Å². The van der Waals surface area contributed by atoms with E-state index in [-0.39, 0.29) is 5.82 Å². The lowest BCUT2D eigenvalue weighted by Crippen LogP contribution is -1.98. The molecule has 0 aliphatic rings. The van der Waals surface area contributed by atoms with E-state index in [1.54, 1.807) is 23.5 Å². The van der Waals surface area contributed by atoms with Crippen LogP contribution in [-0.4, -0.2) is 4.98 Å². The minimum absolute atomic E-state index is 0.283. The number of halogens is 3. The Labute approximate surface area is 133 Å². The molecule has 0 aliphatic carbocycles. The van der Waals surface area contributed by atoms with Crippen LogP contribution in [0.5, 0.6) is 0 Å². The second-order valence-corrected chi connectivity index (χ2v) is 6.97. The van der Waals surface area contributed by atoms with Crippen molar-refractivity contribution in [2.75, 3.05) is 0 Å². The van der Waals surface area contributed by atoms with Crippen LogP contribution in [0, 0.1) is 5.82 Å². The molecule has 0 spiro atoms. The van der Waals surface area contributed by atoms with Crippen LogP contribution < -0.4 is 0 Å². The summed E-state index contributed by atoms with van der Waals surface area (Å²) in [5, 5.41) is 0.499. The Hall–Kier alpha value is -0.970. The average molecular weight is 371 g/mol. The van der Waals surface area contributed by atoms with Crippen LogP contribution in [0.4, 0.5) is 4.39 Å². The summed E-state index contributed by atoms with van der Waals surface area (Å²) in [6.07, 6.45) is 0.522. The van der Waals surface area contributed by atoms with Gasteiger partial charge in [0.25, 0.3) is 0 Å². The topological polar surface area (TPSA) is 12.9 Å². The highest BCUT2D eigenvalue weighted by molar-refractivity contribution is 9.10. The fourth-order valence-corrected chi connectivity index (χ4v) is 3.82. The maximum Gasteiger partial charge on any atom is 0.127 e. The van der Waals surface area contributed by atoms with E-state index in [4.69, 9.17) is 11.6 Å². The average Bonchev–Trinajstić information content (AvgIpc) is 2.83. The molecular formula is C15H10BrClFNS. The molecular weight excluding hydrogens is 361 g/mol. The minimum Gasteiger partial charge on any atom is -0.241 e. The molecule has 0 radical (unpaired) electrons. The van der Waals surface area contributed by atoms with Crippen molar-refractivity contribution in [1.29, 1.82) is 0 Å². The van der Waals surface area contributed by atoms with Crippen molar-refractivity contribution in [1.82, 2.24) is 4.98 Å². The molecule has 0 fully saturated rings.